The monoisotopic (exact) mass is 242 g/mol. The fraction of sp³-hybridized carbons (Fsp3) is 0.267. The van der Waals surface area contributed by atoms with E-state index in [2.05, 4.69) is 6.92 Å². The Morgan fingerprint density at radius 3 is 2.50 bits per heavy atom. The van der Waals surface area contributed by atoms with E-state index in [0.717, 1.165) is 28.5 Å². The van der Waals surface area contributed by atoms with E-state index in [1.807, 2.05) is 43.3 Å². The molecule has 0 saturated heterocycles. The van der Waals surface area contributed by atoms with Crippen molar-refractivity contribution in [3.63, 3.8) is 0 Å². The quantitative estimate of drug-likeness (QED) is 0.638. The molecule has 0 aliphatic rings. The van der Waals surface area contributed by atoms with E-state index in [-0.39, 0.29) is 11.9 Å². The van der Waals surface area contributed by atoms with E-state index in [0.29, 0.717) is 0 Å². The number of hydrogen-bond donors (Lipinski definition) is 2. The van der Waals surface area contributed by atoms with E-state index >= 15 is 0 Å². The van der Waals surface area contributed by atoms with E-state index in [1.54, 1.807) is 0 Å². The summed E-state index contributed by atoms with van der Waals surface area (Å²) in [7, 11) is 0. The zero-order chi connectivity index (χ0) is 13.1. The molecule has 2 rings (SSSR count). The molecule has 0 aliphatic heterocycles. The molecule has 0 aromatic heterocycles. The van der Waals surface area contributed by atoms with Gasteiger partial charge in [-0.2, -0.15) is 0 Å². The van der Waals surface area contributed by atoms with Crippen LogP contribution in [0.3, 0.4) is 0 Å². The summed E-state index contributed by atoms with van der Waals surface area (Å²) in [6.07, 6.45) is 1.14. The molecule has 18 heavy (non-hydrogen) atoms. The fourth-order valence-corrected chi connectivity index (χ4v) is 1.91. The summed E-state index contributed by atoms with van der Waals surface area (Å²) >= 11 is 0. The van der Waals surface area contributed by atoms with Crippen molar-refractivity contribution in [2.75, 3.05) is 0 Å². The van der Waals surface area contributed by atoms with Gasteiger partial charge in [0, 0.05) is 10.9 Å². The number of benzene rings is 2. The Hall–Kier alpha value is -2.03. The maximum absolute atomic E-state index is 7.60. The SMILES string of the molecule is CCC(C)Oc1ccc(C(=N)N)c2ccccc12. The largest absolute Gasteiger partial charge is 0.490 e. The Morgan fingerprint density at radius 2 is 1.89 bits per heavy atom. The van der Waals surface area contributed by atoms with Crippen LogP contribution in [0, 0.1) is 5.41 Å². The molecule has 3 nitrogen and oxygen atoms in total. The summed E-state index contributed by atoms with van der Waals surface area (Å²) in [5, 5.41) is 9.57. The van der Waals surface area contributed by atoms with Crippen LogP contribution in [0.2, 0.25) is 0 Å². The van der Waals surface area contributed by atoms with Crippen molar-refractivity contribution in [2.24, 2.45) is 5.73 Å². The number of nitrogens with two attached hydrogens (primary N) is 1. The first-order chi connectivity index (χ1) is 8.63. The van der Waals surface area contributed by atoms with Crippen LogP contribution >= 0.6 is 0 Å². The predicted octanol–water partition coefficient (Wildman–Crippen LogP) is 3.30. The molecular weight excluding hydrogens is 224 g/mol. The summed E-state index contributed by atoms with van der Waals surface area (Å²) in [5.74, 6) is 0.936. The molecule has 0 bridgehead atoms. The summed E-state index contributed by atoms with van der Waals surface area (Å²) in [4.78, 5) is 0. The standard InChI is InChI=1S/C15H18N2O/c1-3-10(2)18-14-9-8-13(15(16)17)11-6-4-5-7-12(11)14/h4-10H,3H2,1-2H3,(H3,16,17). The third kappa shape index (κ3) is 2.30. The van der Waals surface area contributed by atoms with Crippen LogP contribution in [-0.4, -0.2) is 11.9 Å². The normalized spacial score (nSPS) is 12.3. The molecule has 0 spiro atoms. The maximum Gasteiger partial charge on any atom is 0.127 e. The van der Waals surface area contributed by atoms with Crippen LogP contribution in [0.4, 0.5) is 0 Å². The Balaban J connectivity index is 2.57. The summed E-state index contributed by atoms with van der Waals surface area (Å²) in [6.45, 7) is 4.14. The molecule has 0 aliphatic carbocycles. The Labute approximate surface area is 107 Å². The van der Waals surface area contributed by atoms with Gasteiger partial charge in [0.25, 0.3) is 0 Å². The van der Waals surface area contributed by atoms with Crippen LogP contribution in [-0.2, 0) is 0 Å². The second kappa shape index (κ2) is 5.08. The first kappa shape index (κ1) is 12.4. The number of rotatable bonds is 4. The molecule has 2 aromatic rings. The average Bonchev–Trinajstić information content (AvgIpc) is 2.38. The van der Waals surface area contributed by atoms with E-state index in [4.69, 9.17) is 15.9 Å². The molecule has 94 valence electrons. The third-order valence-electron chi connectivity index (χ3n) is 3.08. The zero-order valence-electron chi connectivity index (χ0n) is 10.7. The number of hydrogen-bond acceptors (Lipinski definition) is 2. The fourth-order valence-electron chi connectivity index (χ4n) is 1.91. The highest BCUT2D eigenvalue weighted by Gasteiger charge is 2.10. The van der Waals surface area contributed by atoms with Gasteiger partial charge in [-0.3, -0.25) is 5.41 Å². The first-order valence-electron chi connectivity index (χ1n) is 6.16. The lowest BCUT2D eigenvalue weighted by Crippen LogP contribution is -2.13. The van der Waals surface area contributed by atoms with E-state index in [9.17, 15) is 0 Å². The number of nitrogens with one attached hydrogen (secondary N) is 1. The minimum absolute atomic E-state index is 0.0845. The molecule has 0 fully saturated rings. The summed E-state index contributed by atoms with van der Waals surface area (Å²) < 4.78 is 5.90. The minimum atomic E-state index is 0.0845. The van der Waals surface area contributed by atoms with Crippen LogP contribution in [0.5, 0.6) is 5.75 Å². The zero-order valence-corrected chi connectivity index (χ0v) is 10.7. The van der Waals surface area contributed by atoms with Crippen LogP contribution in [0.15, 0.2) is 36.4 Å². The Morgan fingerprint density at radius 1 is 1.22 bits per heavy atom. The van der Waals surface area contributed by atoms with Gasteiger partial charge in [-0.1, -0.05) is 31.2 Å². The smallest absolute Gasteiger partial charge is 0.127 e. The van der Waals surface area contributed by atoms with Crippen LogP contribution < -0.4 is 10.5 Å². The minimum Gasteiger partial charge on any atom is -0.490 e. The van der Waals surface area contributed by atoms with Gasteiger partial charge in [0.1, 0.15) is 11.6 Å². The van der Waals surface area contributed by atoms with Crippen molar-refractivity contribution < 1.29 is 4.74 Å². The van der Waals surface area contributed by atoms with Gasteiger partial charge in [-0.25, -0.2) is 0 Å². The van der Waals surface area contributed by atoms with E-state index in [1.165, 1.54) is 0 Å². The third-order valence-corrected chi connectivity index (χ3v) is 3.08. The molecule has 3 N–H and O–H groups in total. The molecule has 0 saturated carbocycles. The molecule has 1 unspecified atom stereocenters. The maximum atomic E-state index is 7.60. The van der Waals surface area contributed by atoms with Crippen molar-refractivity contribution in [3.05, 3.63) is 42.0 Å². The highest BCUT2D eigenvalue weighted by Crippen LogP contribution is 2.29. The van der Waals surface area contributed by atoms with Crippen molar-refractivity contribution in [1.29, 1.82) is 5.41 Å². The molecule has 0 heterocycles. The van der Waals surface area contributed by atoms with Crippen LogP contribution in [0.25, 0.3) is 10.8 Å². The van der Waals surface area contributed by atoms with Crippen molar-refractivity contribution >= 4 is 16.6 Å². The second-order valence-corrected chi connectivity index (χ2v) is 4.41. The predicted molar refractivity (Wildman–Crippen MR) is 75.3 cm³/mol. The lowest BCUT2D eigenvalue weighted by molar-refractivity contribution is 0.220. The first-order valence-corrected chi connectivity index (χ1v) is 6.16. The number of ether oxygens (including phenoxy) is 1. The second-order valence-electron chi connectivity index (χ2n) is 4.41. The number of fused-ring (bicyclic) bond motifs is 1. The van der Waals surface area contributed by atoms with Gasteiger partial charge in [0.05, 0.1) is 6.10 Å². The highest BCUT2D eigenvalue weighted by molar-refractivity contribution is 6.09. The topological polar surface area (TPSA) is 59.1 Å². The van der Waals surface area contributed by atoms with E-state index < -0.39 is 0 Å². The molecule has 3 heteroatoms. The number of amidine groups is 1. The number of nitrogen functional groups attached to an aromatic ring is 1. The van der Waals surface area contributed by atoms with Crippen molar-refractivity contribution in [1.82, 2.24) is 0 Å². The van der Waals surface area contributed by atoms with Crippen molar-refractivity contribution in [3.8, 4) is 5.75 Å². The van der Waals surface area contributed by atoms with Crippen molar-refractivity contribution in [2.45, 2.75) is 26.4 Å². The molecule has 0 amide bonds. The Bertz CT molecular complexity index is 578. The summed E-state index contributed by atoms with van der Waals surface area (Å²) in [6, 6.07) is 11.6. The molecule has 2 aromatic carbocycles. The highest BCUT2D eigenvalue weighted by atomic mass is 16.5. The van der Waals surface area contributed by atoms with Gasteiger partial charge < -0.3 is 10.5 Å². The lowest BCUT2D eigenvalue weighted by atomic mass is 10.0. The average molecular weight is 242 g/mol. The van der Waals surface area contributed by atoms with Gasteiger partial charge in [-0.05, 0) is 30.9 Å². The Kier molecular flexibility index (Phi) is 3.51. The molecule has 0 radical (unpaired) electrons. The van der Waals surface area contributed by atoms with Crippen LogP contribution in [0.1, 0.15) is 25.8 Å². The van der Waals surface area contributed by atoms with Gasteiger partial charge in [-0.15, -0.1) is 0 Å². The van der Waals surface area contributed by atoms with Gasteiger partial charge in [0.15, 0.2) is 0 Å². The lowest BCUT2D eigenvalue weighted by Gasteiger charge is -2.16. The van der Waals surface area contributed by atoms with Gasteiger partial charge in [0.2, 0.25) is 0 Å². The van der Waals surface area contributed by atoms with Gasteiger partial charge >= 0.3 is 0 Å². The summed E-state index contributed by atoms with van der Waals surface area (Å²) in [5.41, 5.74) is 6.35. The molecular formula is C15H18N2O. The molecule has 1 atom stereocenters.